The Balaban J connectivity index is 2.27. The Hall–Kier alpha value is -1.46. The topological polar surface area (TPSA) is 61.6 Å². The summed E-state index contributed by atoms with van der Waals surface area (Å²) in [7, 11) is 0. The lowest BCUT2D eigenvalue weighted by Gasteiger charge is -2.27. The standard InChI is InChI=1S/C12H15NO4/c1-2-7-12(16-8-9-17-12)10-3-5-11(6-4-10)13(14)15/h3-6H,2,7-9H2,1H3. The van der Waals surface area contributed by atoms with E-state index in [9.17, 15) is 10.1 Å². The van der Waals surface area contributed by atoms with Crippen LogP contribution in [0.15, 0.2) is 24.3 Å². The first-order valence-electron chi connectivity index (χ1n) is 5.71. The Bertz CT molecular complexity index is 395. The van der Waals surface area contributed by atoms with Gasteiger partial charge in [0.05, 0.1) is 18.1 Å². The molecular weight excluding hydrogens is 222 g/mol. The summed E-state index contributed by atoms with van der Waals surface area (Å²) in [6.07, 6.45) is 1.68. The number of rotatable bonds is 4. The summed E-state index contributed by atoms with van der Waals surface area (Å²) in [5.74, 6) is -0.704. The fourth-order valence-corrected chi connectivity index (χ4v) is 2.08. The van der Waals surface area contributed by atoms with Crippen LogP contribution in [0.2, 0.25) is 0 Å². The zero-order valence-electron chi connectivity index (χ0n) is 9.72. The van der Waals surface area contributed by atoms with Crippen molar-refractivity contribution in [3.8, 4) is 0 Å². The molecule has 0 unspecified atom stereocenters. The summed E-state index contributed by atoms with van der Waals surface area (Å²) in [6.45, 7) is 3.19. The Morgan fingerprint density at radius 2 is 1.88 bits per heavy atom. The molecule has 1 aromatic rings. The maximum atomic E-state index is 10.6. The second-order valence-electron chi connectivity index (χ2n) is 4.00. The van der Waals surface area contributed by atoms with Crippen molar-refractivity contribution in [3.05, 3.63) is 39.9 Å². The highest BCUT2D eigenvalue weighted by molar-refractivity contribution is 5.35. The third-order valence-corrected chi connectivity index (χ3v) is 2.85. The van der Waals surface area contributed by atoms with Crippen molar-refractivity contribution < 1.29 is 14.4 Å². The van der Waals surface area contributed by atoms with E-state index < -0.39 is 10.7 Å². The molecular formula is C12H15NO4. The quantitative estimate of drug-likeness (QED) is 0.596. The fourth-order valence-electron chi connectivity index (χ4n) is 2.08. The summed E-state index contributed by atoms with van der Waals surface area (Å²) in [5, 5.41) is 10.6. The molecule has 0 aliphatic carbocycles. The van der Waals surface area contributed by atoms with Crippen molar-refractivity contribution in [2.75, 3.05) is 13.2 Å². The number of nitro groups is 1. The first-order chi connectivity index (χ1) is 8.18. The van der Waals surface area contributed by atoms with E-state index in [1.807, 2.05) is 0 Å². The molecule has 0 atom stereocenters. The zero-order chi connectivity index (χ0) is 12.3. The van der Waals surface area contributed by atoms with Gasteiger partial charge in [0.1, 0.15) is 0 Å². The fraction of sp³-hybridized carbons (Fsp3) is 0.500. The number of nitrogens with zero attached hydrogens (tertiary/aromatic N) is 1. The second-order valence-corrected chi connectivity index (χ2v) is 4.00. The third-order valence-electron chi connectivity index (χ3n) is 2.85. The van der Waals surface area contributed by atoms with Gasteiger partial charge in [-0.3, -0.25) is 10.1 Å². The van der Waals surface area contributed by atoms with E-state index in [1.54, 1.807) is 12.1 Å². The van der Waals surface area contributed by atoms with Gasteiger partial charge in [0.2, 0.25) is 0 Å². The van der Waals surface area contributed by atoms with Crippen molar-refractivity contribution in [3.63, 3.8) is 0 Å². The summed E-state index contributed by atoms with van der Waals surface area (Å²) in [6, 6.07) is 6.38. The molecule has 92 valence electrons. The van der Waals surface area contributed by atoms with Gasteiger partial charge in [0.15, 0.2) is 5.79 Å². The SMILES string of the molecule is CCCC1(c2ccc([N+](=O)[O-])cc2)OCCO1. The summed E-state index contributed by atoms with van der Waals surface area (Å²) in [4.78, 5) is 10.2. The molecule has 0 radical (unpaired) electrons. The Morgan fingerprint density at radius 1 is 1.29 bits per heavy atom. The average Bonchev–Trinajstić information content (AvgIpc) is 2.79. The van der Waals surface area contributed by atoms with Gasteiger partial charge in [0, 0.05) is 24.1 Å². The Labute approximate surface area is 99.5 Å². The monoisotopic (exact) mass is 237 g/mol. The van der Waals surface area contributed by atoms with Crippen LogP contribution in [0, 0.1) is 10.1 Å². The third kappa shape index (κ3) is 2.30. The number of non-ortho nitro benzene ring substituents is 1. The van der Waals surface area contributed by atoms with Crippen molar-refractivity contribution in [2.24, 2.45) is 0 Å². The van der Waals surface area contributed by atoms with Crippen LogP contribution in [-0.2, 0) is 15.3 Å². The number of ether oxygens (including phenoxy) is 2. The number of nitro benzene ring substituents is 1. The van der Waals surface area contributed by atoms with Crippen LogP contribution in [-0.4, -0.2) is 18.1 Å². The van der Waals surface area contributed by atoms with Gasteiger partial charge >= 0.3 is 0 Å². The molecule has 5 nitrogen and oxygen atoms in total. The predicted octanol–water partition coefficient (Wildman–Crippen LogP) is 2.59. The van der Waals surface area contributed by atoms with Gasteiger partial charge in [0.25, 0.3) is 5.69 Å². The van der Waals surface area contributed by atoms with Crippen LogP contribution in [0.25, 0.3) is 0 Å². The highest BCUT2D eigenvalue weighted by Gasteiger charge is 2.37. The van der Waals surface area contributed by atoms with Crippen LogP contribution in [0.4, 0.5) is 5.69 Å². The minimum absolute atomic E-state index is 0.0818. The van der Waals surface area contributed by atoms with Crippen LogP contribution < -0.4 is 0 Å². The largest absolute Gasteiger partial charge is 0.343 e. The molecule has 0 saturated carbocycles. The molecule has 0 aromatic heterocycles. The maximum absolute atomic E-state index is 10.6. The van der Waals surface area contributed by atoms with E-state index in [-0.39, 0.29) is 5.69 Å². The first-order valence-corrected chi connectivity index (χ1v) is 5.71. The molecule has 0 spiro atoms. The minimum Gasteiger partial charge on any atom is -0.343 e. The van der Waals surface area contributed by atoms with Gasteiger partial charge in [-0.05, 0) is 12.1 Å². The summed E-state index contributed by atoms with van der Waals surface area (Å²) < 4.78 is 11.4. The predicted molar refractivity (Wildman–Crippen MR) is 61.6 cm³/mol. The van der Waals surface area contributed by atoms with Crippen molar-refractivity contribution in [2.45, 2.75) is 25.6 Å². The van der Waals surface area contributed by atoms with Crippen molar-refractivity contribution in [1.29, 1.82) is 0 Å². The molecule has 1 aromatic carbocycles. The van der Waals surface area contributed by atoms with E-state index in [1.165, 1.54) is 12.1 Å². The second kappa shape index (κ2) is 4.81. The molecule has 1 saturated heterocycles. The minimum atomic E-state index is -0.704. The average molecular weight is 237 g/mol. The number of hydrogen-bond donors (Lipinski definition) is 0. The van der Waals surface area contributed by atoms with Gasteiger partial charge in [-0.15, -0.1) is 0 Å². The van der Waals surface area contributed by atoms with Crippen LogP contribution in [0.3, 0.4) is 0 Å². The van der Waals surface area contributed by atoms with Gasteiger partial charge < -0.3 is 9.47 Å². The van der Waals surface area contributed by atoms with Crippen LogP contribution in [0.1, 0.15) is 25.3 Å². The Kier molecular flexibility index (Phi) is 3.40. The Morgan fingerprint density at radius 3 is 2.35 bits per heavy atom. The molecule has 1 heterocycles. The van der Waals surface area contributed by atoms with E-state index in [2.05, 4.69) is 6.92 Å². The molecule has 1 aliphatic heterocycles. The lowest BCUT2D eigenvalue weighted by molar-refractivity contribution is -0.384. The van der Waals surface area contributed by atoms with E-state index in [4.69, 9.17) is 9.47 Å². The van der Waals surface area contributed by atoms with E-state index in [0.29, 0.717) is 13.2 Å². The molecule has 1 fully saturated rings. The summed E-state index contributed by atoms with van der Waals surface area (Å²) >= 11 is 0. The van der Waals surface area contributed by atoms with E-state index in [0.717, 1.165) is 18.4 Å². The zero-order valence-corrected chi connectivity index (χ0v) is 9.72. The highest BCUT2D eigenvalue weighted by atomic mass is 16.7. The molecule has 0 bridgehead atoms. The van der Waals surface area contributed by atoms with Crippen molar-refractivity contribution in [1.82, 2.24) is 0 Å². The maximum Gasteiger partial charge on any atom is 0.269 e. The molecule has 5 heteroatoms. The lowest BCUT2D eigenvalue weighted by atomic mass is 10.0. The van der Waals surface area contributed by atoms with Crippen molar-refractivity contribution >= 4 is 5.69 Å². The molecule has 2 rings (SSSR count). The lowest BCUT2D eigenvalue weighted by Crippen LogP contribution is -2.26. The molecule has 0 N–H and O–H groups in total. The van der Waals surface area contributed by atoms with Crippen LogP contribution >= 0.6 is 0 Å². The van der Waals surface area contributed by atoms with Gasteiger partial charge in [-0.2, -0.15) is 0 Å². The number of hydrogen-bond acceptors (Lipinski definition) is 4. The molecule has 0 amide bonds. The molecule has 17 heavy (non-hydrogen) atoms. The van der Waals surface area contributed by atoms with Gasteiger partial charge in [-0.25, -0.2) is 0 Å². The number of benzene rings is 1. The summed E-state index contributed by atoms with van der Waals surface area (Å²) in [5.41, 5.74) is 0.931. The van der Waals surface area contributed by atoms with Gasteiger partial charge in [-0.1, -0.05) is 13.3 Å². The van der Waals surface area contributed by atoms with E-state index >= 15 is 0 Å². The normalized spacial score (nSPS) is 18.2. The molecule has 1 aliphatic rings. The van der Waals surface area contributed by atoms with Crippen LogP contribution in [0.5, 0.6) is 0 Å². The smallest absolute Gasteiger partial charge is 0.269 e. The highest BCUT2D eigenvalue weighted by Crippen LogP contribution is 2.36. The first kappa shape index (κ1) is 12.0.